The number of amides is 1. The number of ether oxygens (including phenoxy) is 1. The number of hydrogen-bond donors (Lipinski definition) is 1. The average Bonchev–Trinajstić information content (AvgIpc) is 3.49. The summed E-state index contributed by atoms with van der Waals surface area (Å²) < 4.78 is 45.4. The van der Waals surface area contributed by atoms with E-state index in [1.165, 1.54) is 12.1 Å². The lowest BCUT2D eigenvalue weighted by atomic mass is 10.0. The van der Waals surface area contributed by atoms with Crippen molar-refractivity contribution < 1.29 is 22.7 Å². The van der Waals surface area contributed by atoms with Crippen LogP contribution in [0.3, 0.4) is 0 Å². The standard InChI is InChI=1S/C22H17F3N2O2/c23-22(24,25)20-7-2-1-6-17(20)18-13-19(18)21(28)27-14-4-3-5-16(12-14)29-15-8-10-26-11-9-15/h1-12,18-19H,13H2,(H,27,28). The molecule has 2 aromatic carbocycles. The highest BCUT2D eigenvalue weighted by atomic mass is 19.4. The molecule has 7 heteroatoms. The van der Waals surface area contributed by atoms with Gasteiger partial charge in [-0.15, -0.1) is 0 Å². The van der Waals surface area contributed by atoms with Crippen molar-refractivity contribution >= 4 is 11.6 Å². The first-order valence-electron chi connectivity index (χ1n) is 9.07. The van der Waals surface area contributed by atoms with Crippen LogP contribution in [0.5, 0.6) is 11.5 Å². The number of anilines is 1. The number of benzene rings is 2. The van der Waals surface area contributed by atoms with Crippen molar-refractivity contribution in [3.8, 4) is 11.5 Å². The molecule has 0 bridgehead atoms. The van der Waals surface area contributed by atoms with Crippen molar-refractivity contribution in [2.24, 2.45) is 5.92 Å². The highest BCUT2D eigenvalue weighted by molar-refractivity contribution is 5.95. The number of nitrogens with one attached hydrogen (secondary N) is 1. The lowest BCUT2D eigenvalue weighted by Gasteiger charge is -2.12. The second kappa shape index (κ2) is 7.58. The van der Waals surface area contributed by atoms with E-state index < -0.39 is 23.6 Å². The van der Waals surface area contributed by atoms with Crippen molar-refractivity contribution in [1.29, 1.82) is 0 Å². The molecule has 0 aliphatic heterocycles. The molecule has 1 aliphatic rings. The Labute approximate surface area is 165 Å². The number of pyridine rings is 1. The van der Waals surface area contributed by atoms with Gasteiger partial charge in [0.1, 0.15) is 11.5 Å². The van der Waals surface area contributed by atoms with E-state index in [2.05, 4.69) is 10.3 Å². The number of rotatable bonds is 5. The summed E-state index contributed by atoms with van der Waals surface area (Å²) >= 11 is 0. The summed E-state index contributed by atoms with van der Waals surface area (Å²) in [6.07, 6.45) is -0.828. The molecule has 1 amide bonds. The zero-order valence-electron chi connectivity index (χ0n) is 15.2. The van der Waals surface area contributed by atoms with Crippen LogP contribution in [0, 0.1) is 5.92 Å². The lowest BCUT2D eigenvalue weighted by Crippen LogP contribution is -2.15. The average molecular weight is 398 g/mol. The van der Waals surface area contributed by atoms with Gasteiger partial charge >= 0.3 is 6.18 Å². The minimum absolute atomic E-state index is 0.176. The van der Waals surface area contributed by atoms with E-state index >= 15 is 0 Å². The largest absolute Gasteiger partial charge is 0.457 e. The lowest BCUT2D eigenvalue weighted by molar-refractivity contribution is -0.138. The Bertz CT molecular complexity index is 1020. The summed E-state index contributed by atoms with van der Waals surface area (Å²) in [4.78, 5) is 16.5. The Hall–Kier alpha value is -3.35. The summed E-state index contributed by atoms with van der Waals surface area (Å²) in [6.45, 7) is 0. The first-order chi connectivity index (χ1) is 13.9. The van der Waals surface area contributed by atoms with Gasteiger partial charge in [-0.3, -0.25) is 9.78 Å². The number of alkyl halides is 3. The van der Waals surface area contributed by atoms with Crippen LogP contribution in [-0.4, -0.2) is 10.9 Å². The molecule has 29 heavy (non-hydrogen) atoms. The van der Waals surface area contributed by atoms with Crippen molar-refractivity contribution in [1.82, 2.24) is 4.98 Å². The summed E-state index contributed by atoms with van der Waals surface area (Å²) in [5.41, 5.74) is 0.0271. The van der Waals surface area contributed by atoms with Gasteiger partial charge in [0.25, 0.3) is 0 Å². The predicted molar refractivity (Wildman–Crippen MR) is 102 cm³/mol. The van der Waals surface area contributed by atoms with E-state index in [-0.39, 0.29) is 11.5 Å². The molecule has 148 valence electrons. The van der Waals surface area contributed by atoms with Crippen LogP contribution in [0.4, 0.5) is 18.9 Å². The van der Waals surface area contributed by atoms with Crippen LogP contribution in [-0.2, 0) is 11.0 Å². The third-order valence-corrected chi connectivity index (χ3v) is 4.78. The first-order valence-corrected chi connectivity index (χ1v) is 9.07. The predicted octanol–water partition coefficient (Wildman–Crippen LogP) is 5.63. The molecule has 3 aromatic rings. The van der Waals surface area contributed by atoms with Crippen LogP contribution < -0.4 is 10.1 Å². The number of nitrogens with zero attached hydrogens (tertiary/aromatic N) is 1. The molecule has 0 radical (unpaired) electrons. The number of halogens is 3. The summed E-state index contributed by atoms with van der Waals surface area (Å²) in [5, 5.41) is 2.78. The quantitative estimate of drug-likeness (QED) is 0.606. The molecule has 2 atom stereocenters. The third-order valence-electron chi connectivity index (χ3n) is 4.78. The van der Waals surface area contributed by atoms with Crippen molar-refractivity contribution in [2.75, 3.05) is 5.32 Å². The van der Waals surface area contributed by atoms with Gasteiger partial charge in [0, 0.05) is 30.1 Å². The molecule has 4 nitrogen and oxygen atoms in total. The Morgan fingerprint density at radius 2 is 1.76 bits per heavy atom. The molecular formula is C22H17F3N2O2. The summed E-state index contributed by atoms with van der Waals surface area (Å²) in [7, 11) is 0. The molecule has 1 N–H and O–H groups in total. The number of carbonyl (C=O) groups is 1. The molecule has 1 saturated carbocycles. The number of aromatic nitrogens is 1. The molecule has 0 spiro atoms. The van der Waals surface area contributed by atoms with Crippen molar-refractivity contribution in [2.45, 2.75) is 18.5 Å². The highest BCUT2D eigenvalue weighted by Crippen LogP contribution is 2.51. The zero-order valence-corrected chi connectivity index (χ0v) is 15.2. The van der Waals surface area contributed by atoms with Gasteiger partial charge in [0.05, 0.1) is 5.56 Å². The van der Waals surface area contributed by atoms with Crippen LogP contribution in [0.15, 0.2) is 73.1 Å². The Morgan fingerprint density at radius 1 is 1.00 bits per heavy atom. The maximum absolute atomic E-state index is 13.2. The van der Waals surface area contributed by atoms with E-state index in [0.29, 0.717) is 23.6 Å². The Kier molecular flexibility index (Phi) is 4.96. The second-order valence-corrected chi connectivity index (χ2v) is 6.84. The van der Waals surface area contributed by atoms with Crippen LogP contribution >= 0.6 is 0 Å². The van der Waals surface area contributed by atoms with E-state index in [0.717, 1.165) is 6.07 Å². The van der Waals surface area contributed by atoms with Gasteiger partial charge in [-0.2, -0.15) is 13.2 Å². The molecule has 2 unspecified atom stereocenters. The van der Waals surface area contributed by atoms with Gasteiger partial charge < -0.3 is 10.1 Å². The van der Waals surface area contributed by atoms with E-state index in [4.69, 9.17) is 4.74 Å². The van der Waals surface area contributed by atoms with Gasteiger partial charge in [0.2, 0.25) is 5.91 Å². The zero-order chi connectivity index (χ0) is 20.4. The van der Waals surface area contributed by atoms with Gasteiger partial charge in [-0.1, -0.05) is 24.3 Å². The normalized spacial score (nSPS) is 18.2. The van der Waals surface area contributed by atoms with Crippen molar-refractivity contribution in [3.05, 3.63) is 84.2 Å². The van der Waals surface area contributed by atoms with E-state index in [9.17, 15) is 18.0 Å². The topological polar surface area (TPSA) is 51.2 Å². The Balaban J connectivity index is 1.43. The molecule has 1 aromatic heterocycles. The fourth-order valence-electron chi connectivity index (χ4n) is 3.32. The molecule has 1 heterocycles. The van der Waals surface area contributed by atoms with Crippen molar-refractivity contribution in [3.63, 3.8) is 0 Å². The smallest absolute Gasteiger partial charge is 0.416 e. The molecule has 1 aliphatic carbocycles. The molecule has 1 fully saturated rings. The van der Waals surface area contributed by atoms with Gasteiger partial charge in [0.15, 0.2) is 0 Å². The number of hydrogen-bond acceptors (Lipinski definition) is 3. The monoisotopic (exact) mass is 398 g/mol. The molecule has 0 saturated heterocycles. The molecule has 4 rings (SSSR count). The van der Waals surface area contributed by atoms with Gasteiger partial charge in [-0.25, -0.2) is 0 Å². The van der Waals surface area contributed by atoms with Gasteiger partial charge in [-0.05, 0) is 48.2 Å². The van der Waals surface area contributed by atoms with Crippen LogP contribution in [0.1, 0.15) is 23.5 Å². The second-order valence-electron chi connectivity index (χ2n) is 6.84. The highest BCUT2D eigenvalue weighted by Gasteiger charge is 2.47. The minimum atomic E-state index is -4.43. The third kappa shape index (κ3) is 4.39. The fraction of sp³-hybridized carbons (Fsp3) is 0.182. The summed E-state index contributed by atoms with van der Waals surface area (Å²) in [6, 6.07) is 15.7. The van der Waals surface area contributed by atoms with E-state index in [1.54, 1.807) is 54.9 Å². The van der Waals surface area contributed by atoms with Crippen LogP contribution in [0.2, 0.25) is 0 Å². The molecular weight excluding hydrogens is 381 g/mol. The Morgan fingerprint density at radius 3 is 2.52 bits per heavy atom. The summed E-state index contributed by atoms with van der Waals surface area (Å²) in [5.74, 6) is -0.0707. The maximum Gasteiger partial charge on any atom is 0.416 e. The number of carbonyl (C=O) groups excluding carboxylic acids is 1. The minimum Gasteiger partial charge on any atom is -0.457 e. The SMILES string of the molecule is O=C(Nc1cccc(Oc2ccncc2)c1)C1CC1c1ccccc1C(F)(F)F. The fourth-order valence-corrected chi connectivity index (χ4v) is 3.32. The first kappa shape index (κ1) is 19.0. The van der Waals surface area contributed by atoms with Crippen LogP contribution in [0.25, 0.3) is 0 Å². The maximum atomic E-state index is 13.2. The van der Waals surface area contributed by atoms with E-state index in [1.807, 2.05) is 0 Å².